The second-order valence-corrected chi connectivity index (χ2v) is 5.40. The monoisotopic (exact) mass is 246 g/mol. The number of ether oxygens (including phenoxy) is 1. The SMILES string of the molecule is Nc1ccc2c(c1)CCN2CCCC1CCCO1. The fourth-order valence-corrected chi connectivity index (χ4v) is 3.10. The van der Waals surface area contributed by atoms with Crippen molar-refractivity contribution in [1.82, 2.24) is 0 Å². The lowest BCUT2D eigenvalue weighted by molar-refractivity contribution is 0.103. The summed E-state index contributed by atoms with van der Waals surface area (Å²) in [6.45, 7) is 3.26. The third kappa shape index (κ3) is 2.46. The normalized spacial score (nSPS) is 22.4. The van der Waals surface area contributed by atoms with Gasteiger partial charge in [-0.1, -0.05) is 0 Å². The first-order chi connectivity index (χ1) is 8.83. The molecule has 0 radical (unpaired) electrons. The number of anilines is 2. The van der Waals surface area contributed by atoms with Crippen LogP contribution < -0.4 is 10.6 Å². The first-order valence-electron chi connectivity index (χ1n) is 7.08. The van der Waals surface area contributed by atoms with Gasteiger partial charge in [0.05, 0.1) is 6.10 Å². The van der Waals surface area contributed by atoms with Crippen LogP contribution in [0.3, 0.4) is 0 Å². The van der Waals surface area contributed by atoms with Gasteiger partial charge in [0.1, 0.15) is 0 Å². The van der Waals surface area contributed by atoms with E-state index in [0.717, 1.165) is 31.8 Å². The van der Waals surface area contributed by atoms with Gasteiger partial charge in [-0.05, 0) is 55.9 Å². The Bertz CT molecular complexity index is 413. The van der Waals surface area contributed by atoms with Gasteiger partial charge in [-0.15, -0.1) is 0 Å². The number of hydrogen-bond donors (Lipinski definition) is 1. The van der Waals surface area contributed by atoms with E-state index in [1.54, 1.807) is 0 Å². The maximum Gasteiger partial charge on any atom is 0.0576 e. The molecular weight excluding hydrogens is 224 g/mol. The van der Waals surface area contributed by atoms with E-state index < -0.39 is 0 Å². The molecule has 0 saturated carbocycles. The summed E-state index contributed by atoms with van der Waals surface area (Å²) in [5.41, 5.74) is 9.50. The molecule has 1 aromatic rings. The van der Waals surface area contributed by atoms with Gasteiger partial charge in [0, 0.05) is 31.1 Å². The molecule has 0 aliphatic carbocycles. The average Bonchev–Trinajstić information content (AvgIpc) is 2.99. The third-order valence-corrected chi connectivity index (χ3v) is 4.07. The quantitative estimate of drug-likeness (QED) is 0.830. The Kier molecular flexibility index (Phi) is 3.41. The van der Waals surface area contributed by atoms with Crippen LogP contribution >= 0.6 is 0 Å². The number of fused-ring (bicyclic) bond motifs is 1. The molecule has 2 N–H and O–H groups in total. The fraction of sp³-hybridized carbons (Fsp3) is 0.600. The molecule has 1 atom stereocenters. The van der Waals surface area contributed by atoms with E-state index in [-0.39, 0.29) is 0 Å². The van der Waals surface area contributed by atoms with Crippen LogP contribution in [-0.2, 0) is 11.2 Å². The molecule has 3 rings (SSSR count). The summed E-state index contributed by atoms with van der Waals surface area (Å²) in [5.74, 6) is 0. The van der Waals surface area contributed by atoms with Gasteiger partial charge in [-0.25, -0.2) is 0 Å². The van der Waals surface area contributed by atoms with E-state index >= 15 is 0 Å². The number of nitrogens with two attached hydrogens (primary N) is 1. The minimum Gasteiger partial charge on any atom is -0.399 e. The van der Waals surface area contributed by atoms with Gasteiger partial charge >= 0.3 is 0 Å². The van der Waals surface area contributed by atoms with Crippen molar-refractivity contribution in [2.24, 2.45) is 0 Å². The Morgan fingerprint density at radius 1 is 1.39 bits per heavy atom. The summed E-state index contributed by atoms with van der Waals surface area (Å²) < 4.78 is 5.67. The maximum atomic E-state index is 5.82. The second kappa shape index (κ2) is 5.19. The van der Waals surface area contributed by atoms with Gasteiger partial charge in [0.2, 0.25) is 0 Å². The Labute approximate surface area is 109 Å². The lowest BCUT2D eigenvalue weighted by Crippen LogP contribution is -2.22. The molecule has 3 heteroatoms. The third-order valence-electron chi connectivity index (χ3n) is 4.07. The first-order valence-corrected chi connectivity index (χ1v) is 7.08. The van der Waals surface area contributed by atoms with E-state index in [1.165, 1.54) is 36.9 Å². The zero-order valence-electron chi connectivity index (χ0n) is 10.9. The van der Waals surface area contributed by atoms with E-state index in [9.17, 15) is 0 Å². The molecule has 1 saturated heterocycles. The predicted molar refractivity (Wildman–Crippen MR) is 75.0 cm³/mol. The minimum absolute atomic E-state index is 0.526. The average molecular weight is 246 g/mol. The first kappa shape index (κ1) is 11.8. The van der Waals surface area contributed by atoms with Crippen LogP contribution in [0.1, 0.15) is 31.2 Å². The molecule has 0 amide bonds. The molecule has 18 heavy (non-hydrogen) atoms. The predicted octanol–water partition coefficient (Wildman–Crippen LogP) is 2.59. The summed E-state index contributed by atoms with van der Waals surface area (Å²) in [4.78, 5) is 2.49. The van der Waals surface area contributed by atoms with Crippen LogP contribution in [0.2, 0.25) is 0 Å². The van der Waals surface area contributed by atoms with E-state index in [4.69, 9.17) is 10.5 Å². The number of rotatable bonds is 4. The van der Waals surface area contributed by atoms with Gasteiger partial charge in [0.15, 0.2) is 0 Å². The highest BCUT2D eigenvalue weighted by atomic mass is 16.5. The Morgan fingerprint density at radius 3 is 3.17 bits per heavy atom. The zero-order chi connectivity index (χ0) is 12.4. The van der Waals surface area contributed by atoms with Crippen LogP contribution in [-0.4, -0.2) is 25.8 Å². The molecule has 1 fully saturated rings. The van der Waals surface area contributed by atoms with Crippen molar-refractivity contribution in [2.45, 2.75) is 38.2 Å². The van der Waals surface area contributed by atoms with Crippen molar-refractivity contribution in [3.63, 3.8) is 0 Å². The molecule has 3 nitrogen and oxygen atoms in total. The molecule has 98 valence electrons. The minimum atomic E-state index is 0.526. The highest BCUT2D eigenvalue weighted by molar-refractivity contribution is 5.62. The van der Waals surface area contributed by atoms with Gasteiger partial charge in [-0.2, -0.15) is 0 Å². The molecule has 1 unspecified atom stereocenters. The maximum absolute atomic E-state index is 5.82. The van der Waals surface area contributed by atoms with Gasteiger partial charge < -0.3 is 15.4 Å². The van der Waals surface area contributed by atoms with Crippen molar-refractivity contribution in [2.75, 3.05) is 30.3 Å². The topological polar surface area (TPSA) is 38.5 Å². The largest absolute Gasteiger partial charge is 0.399 e. The Hall–Kier alpha value is -1.22. The Balaban J connectivity index is 1.53. The smallest absolute Gasteiger partial charge is 0.0576 e. The van der Waals surface area contributed by atoms with E-state index in [2.05, 4.69) is 17.0 Å². The van der Waals surface area contributed by atoms with Crippen LogP contribution in [0.4, 0.5) is 11.4 Å². The van der Waals surface area contributed by atoms with Crippen LogP contribution in [0.25, 0.3) is 0 Å². The van der Waals surface area contributed by atoms with Crippen molar-refractivity contribution < 1.29 is 4.74 Å². The van der Waals surface area contributed by atoms with Crippen molar-refractivity contribution in [1.29, 1.82) is 0 Å². The van der Waals surface area contributed by atoms with Crippen LogP contribution in [0, 0.1) is 0 Å². The summed E-state index contributed by atoms with van der Waals surface area (Å²) in [7, 11) is 0. The molecule has 2 aliphatic rings. The molecular formula is C15H22N2O. The van der Waals surface area contributed by atoms with Crippen molar-refractivity contribution in [3.05, 3.63) is 23.8 Å². The molecule has 2 heterocycles. The molecule has 2 aliphatic heterocycles. The summed E-state index contributed by atoms with van der Waals surface area (Å²) in [6.07, 6.45) is 6.61. The molecule has 0 bridgehead atoms. The highest BCUT2D eigenvalue weighted by Crippen LogP contribution is 2.30. The molecule has 1 aromatic carbocycles. The van der Waals surface area contributed by atoms with Crippen molar-refractivity contribution >= 4 is 11.4 Å². The lowest BCUT2D eigenvalue weighted by Gasteiger charge is -2.20. The highest BCUT2D eigenvalue weighted by Gasteiger charge is 2.20. The number of nitrogens with zero attached hydrogens (tertiary/aromatic N) is 1. The standard InChI is InChI=1S/C15H22N2O/c16-13-5-6-15-12(11-13)7-9-17(15)8-1-3-14-4-2-10-18-14/h5-6,11,14H,1-4,7-10,16H2. The summed E-state index contributed by atoms with van der Waals surface area (Å²) in [6, 6.07) is 6.30. The lowest BCUT2D eigenvalue weighted by atomic mass is 10.1. The molecule has 0 spiro atoms. The van der Waals surface area contributed by atoms with E-state index in [0.29, 0.717) is 6.10 Å². The molecule has 0 aromatic heterocycles. The summed E-state index contributed by atoms with van der Waals surface area (Å²) >= 11 is 0. The Morgan fingerprint density at radius 2 is 2.33 bits per heavy atom. The number of nitrogen functional groups attached to an aromatic ring is 1. The van der Waals surface area contributed by atoms with Crippen LogP contribution in [0.5, 0.6) is 0 Å². The van der Waals surface area contributed by atoms with Crippen LogP contribution in [0.15, 0.2) is 18.2 Å². The zero-order valence-corrected chi connectivity index (χ0v) is 10.9. The van der Waals surface area contributed by atoms with Gasteiger partial charge in [-0.3, -0.25) is 0 Å². The summed E-state index contributed by atoms with van der Waals surface area (Å²) in [5, 5.41) is 0. The van der Waals surface area contributed by atoms with Crippen molar-refractivity contribution in [3.8, 4) is 0 Å². The number of benzene rings is 1. The van der Waals surface area contributed by atoms with Gasteiger partial charge in [0.25, 0.3) is 0 Å². The number of hydrogen-bond acceptors (Lipinski definition) is 3. The van der Waals surface area contributed by atoms with E-state index in [1.807, 2.05) is 6.07 Å². The second-order valence-electron chi connectivity index (χ2n) is 5.40. The fourth-order valence-electron chi connectivity index (χ4n) is 3.10.